The van der Waals surface area contributed by atoms with Crippen LogP contribution < -0.4 is 5.32 Å². The second kappa shape index (κ2) is 5.49. The fourth-order valence-electron chi connectivity index (χ4n) is 1.99. The summed E-state index contributed by atoms with van der Waals surface area (Å²) in [6, 6.07) is 0.177. The molecule has 0 aromatic rings. The zero-order chi connectivity index (χ0) is 13.1. The zero-order valence-electron chi connectivity index (χ0n) is 10.8. The molecule has 1 heterocycles. The van der Waals surface area contributed by atoms with Crippen molar-refractivity contribution in [3.05, 3.63) is 0 Å². The summed E-state index contributed by atoms with van der Waals surface area (Å²) in [5, 5.41) is 12.0. The Morgan fingerprint density at radius 2 is 2.18 bits per heavy atom. The van der Waals surface area contributed by atoms with Crippen molar-refractivity contribution < 1.29 is 14.7 Å². The van der Waals surface area contributed by atoms with Gasteiger partial charge in [0.1, 0.15) is 0 Å². The normalized spacial score (nSPS) is 26.8. The largest absolute Gasteiger partial charge is 0.481 e. The van der Waals surface area contributed by atoms with Gasteiger partial charge in [-0.05, 0) is 33.2 Å². The number of carbonyl (C=O) groups excluding carboxylic acids is 1. The molecule has 2 atom stereocenters. The van der Waals surface area contributed by atoms with Gasteiger partial charge in [0.25, 0.3) is 0 Å². The lowest BCUT2D eigenvalue weighted by molar-refractivity contribution is -0.147. The lowest BCUT2D eigenvalue weighted by Gasteiger charge is -2.20. The van der Waals surface area contributed by atoms with Crippen LogP contribution in [-0.4, -0.2) is 47.6 Å². The van der Waals surface area contributed by atoms with Crippen molar-refractivity contribution in [2.45, 2.75) is 39.7 Å². The topological polar surface area (TPSA) is 69.6 Å². The minimum Gasteiger partial charge on any atom is -0.481 e. The minimum absolute atomic E-state index is 0.0195. The molecule has 1 rings (SSSR count). The Balaban J connectivity index is 2.40. The van der Waals surface area contributed by atoms with E-state index in [0.29, 0.717) is 26.1 Å². The molecule has 0 aromatic carbocycles. The van der Waals surface area contributed by atoms with Crippen LogP contribution in [0.4, 0.5) is 0 Å². The van der Waals surface area contributed by atoms with Gasteiger partial charge < -0.3 is 10.4 Å². The van der Waals surface area contributed by atoms with E-state index in [1.54, 1.807) is 6.92 Å². The Kier molecular flexibility index (Phi) is 4.51. The Morgan fingerprint density at radius 3 is 2.65 bits per heavy atom. The lowest BCUT2D eigenvalue weighted by Crippen LogP contribution is -2.41. The highest BCUT2D eigenvalue weighted by molar-refractivity contribution is 5.79. The van der Waals surface area contributed by atoms with Gasteiger partial charge >= 0.3 is 5.97 Å². The molecule has 2 unspecified atom stereocenters. The van der Waals surface area contributed by atoms with E-state index in [1.807, 2.05) is 18.7 Å². The molecule has 1 saturated heterocycles. The van der Waals surface area contributed by atoms with Crippen LogP contribution in [-0.2, 0) is 9.59 Å². The van der Waals surface area contributed by atoms with Gasteiger partial charge in [0.05, 0.1) is 12.0 Å². The third-order valence-electron chi connectivity index (χ3n) is 3.46. The van der Waals surface area contributed by atoms with Gasteiger partial charge in [0.15, 0.2) is 0 Å². The van der Waals surface area contributed by atoms with Gasteiger partial charge in [0.2, 0.25) is 5.91 Å². The van der Waals surface area contributed by atoms with Gasteiger partial charge in [-0.1, -0.05) is 6.92 Å². The fourth-order valence-corrected chi connectivity index (χ4v) is 1.99. The average molecular weight is 242 g/mol. The third kappa shape index (κ3) is 3.70. The van der Waals surface area contributed by atoms with E-state index in [1.165, 1.54) is 0 Å². The Bertz CT molecular complexity index is 306. The molecule has 0 radical (unpaired) electrons. The molecule has 0 saturated carbocycles. The average Bonchev–Trinajstić information content (AvgIpc) is 2.61. The van der Waals surface area contributed by atoms with Gasteiger partial charge in [-0.3, -0.25) is 14.5 Å². The van der Waals surface area contributed by atoms with Crippen LogP contribution in [0.1, 0.15) is 33.6 Å². The van der Waals surface area contributed by atoms with E-state index in [2.05, 4.69) is 5.32 Å². The van der Waals surface area contributed by atoms with Gasteiger partial charge in [-0.25, -0.2) is 0 Å². The number of hydrogen-bond donors (Lipinski definition) is 2. The number of rotatable bonds is 5. The van der Waals surface area contributed by atoms with Crippen LogP contribution in [0, 0.1) is 5.41 Å². The summed E-state index contributed by atoms with van der Waals surface area (Å²) in [6.45, 7) is 7.15. The molecular formula is C12H22N2O3. The number of nitrogens with zero attached hydrogens (tertiary/aromatic N) is 1. The first-order valence-electron chi connectivity index (χ1n) is 6.12. The summed E-state index contributed by atoms with van der Waals surface area (Å²) >= 11 is 0. The molecule has 0 bridgehead atoms. The van der Waals surface area contributed by atoms with Crippen molar-refractivity contribution in [2.75, 3.05) is 19.6 Å². The minimum atomic E-state index is -0.776. The predicted octanol–water partition coefficient (Wildman–Crippen LogP) is 0.698. The maximum absolute atomic E-state index is 11.6. The fraction of sp³-hybridized carbons (Fsp3) is 0.833. The van der Waals surface area contributed by atoms with Crippen molar-refractivity contribution >= 4 is 11.9 Å². The number of likely N-dealkylation sites (tertiary alicyclic amines) is 1. The highest BCUT2D eigenvalue weighted by Crippen LogP contribution is 2.29. The van der Waals surface area contributed by atoms with Crippen LogP contribution in [0.2, 0.25) is 0 Å². The molecule has 0 aliphatic carbocycles. The molecule has 1 aliphatic rings. The van der Waals surface area contributed by atoms with Crippen LogP contribution in [0.5, 0.6) is 0 Å². The lowest BCUT2D eigenvalue weighted by atomic mass is 9.90. The monoisotopic (exact) mass is 242 g/mol. The van der Waals surface area contributed by atoms with Crippen molar-refractivity contribution in [2.24, 2.45) is 5.41 Å². The molecular weight excluding hydrogens is 220 g/mol. The van der Waals surface area contributed by atoms with E-state index in [-0.39, 0.29) is 11.9 Å². The first-order chi connectivity index (χ1) is 7.87. The van der Waals surface area contributed by atoms with Gasteiger partial charge in [-0.15, -0.1) is 0 Å². The van der Waals surface area contributed by atoms with Crippen molar-refractivity contribution in [3.8, 4) is 0 Å². The summed E-state index contributed by atoms with van der Waals surface area (Å²) in [5.41, 5.74) is -0.698. The molecule has 5 nitrogen and oxygen atoms in total. The smallest absolute Gasteiger partial charge is 0.310 e. The zero-order valence-corrected chi connectivity index (χ0v) is 10.8. The number of carbonyl (C=O) groups is 2. The Hall–Kier alpha value is -1.10. The summed E-state index contributed by atoms with van der Waals surface area (Å²) in [6.07, 6.45) is 1.51. The van der Waals surface area contributed by atoms with E-state index in [9.17, 15) is 9.59 Å². The Morgan fingerprint density at radius 1 is 1.53 bits per heavy atom. The summed E-state index contributed by atoms with van der Waals surface area (Å²) in [4.78, 5) is 24.6. The summed E-state index contributed by atoms with van der Waals surface area (Å²) in [7, 11) is 0. The second-order valence-electron chi connectivity index (χ2n) is 5.20. The van der Waals surface area contributed by atoms with E-state index >= 15 is 0 Å². The van der Waals surface area contributed by atoms with Crippen LogP contribution in [0.3, 0.4) is 0 Å². The highest BCUT2D eigenvalue weighted by Gasteiger charge is 2.40. The highest BCUT2D eigenvalue weighted by atomic mass is 16.4. The molecule has 2 N–H and O–H groups in total. The molecule has 1 amide bonds. The van der Waals surface area contributed by atoms with Gasteiger partial charge in [0, 0.05) is 12.6 Å². The molecule has 5 heteroatoms. The number of carboxylic acids is 1. The van der Waals surface area contributed by atoms with Crippen molar-refractivity contribution in [1.82, 2.24) is 10.2 Å². The first-order valence-corrected chi connectivity index (χ1v) is 6.12. The molecule has 0 aromatic heterocycles. The van der Waals surface area contributed by atoms with Crippen molar-refractivity contribution in [3.63, 3.8) is 0 Å². The molecule has 1 fully saturated rings. The second-order valence-corrected chi connectivity index (χ2v) is 5.20. The predicted molar refractivity (Wildman–Crippen MR) is 64.7 cm³/mol. The Labute approximate surface area is 102 Å². The SMILES string of the molecule is CCC(C)NC(=O)CN1CCC(C)(C(=O)O)C1. The molecule has 98 valence electrons. The van der Waals surface area contributed by atoms with E-state index in [0.717, 1.165) is 6.42 Å². The number of amides is 1. The van der Waals surface area contributed by atoms with Gasteiger partial charge in [-0.2, -0.15) is 0 Å². The maximum Gasteiger partial charge on any atom is 0.310 e. The first kappa shape index (κ1) is 14.0. The summed E-state index contributed by atoms with van der Waals surface area (Å²) in [5.74, 6) is -0.795. The maximum atomic E-state index is 11.6. The quantitative estimate of drug-likeness (QED) is 0.744. The van der Waals surface area contributed by atoms with E-state index in [4.69, 9.17) is 5.11 Å². The number of nitrogens with one attached hydrogen (secondary N) is 1. The van der Waals surface area contributed by atoms with Crippen LogP contribution in [0.25, 0.3) is 0 Å². The standard InChI is InChI=1S/C12H22N2O3/c1-4-9(2)13-10(15)7-14-6-5-12(3,8-14)11(16)17/h9H,4-8H2,1-3H3,(H,13,15)(H,16,17). The summed E-state index contributed by atoms with van der Waals surface area (Å²) < 4.78 is 0. The molecule has 17 heavy (non-hydrogen) atoms. The van der Waals surface area contributed by atoms with Crippen LogP contribution in [0.15, 0.2) is 0 Å². The number of aliphatic carboxylic acids is 1. The number of carboxylic acid groups (broad SMARTS) is 1. The number of hydrogen-bond acceptors (Lipinski definition) is 3. The molecule has 1 aliphatic heterocycles. The third-order valence-corrected chi connectivity index (χ3v) is 3.46. The molecule has 0 spiro atoms. The van der Waals surface area contributed by atoms with Crippen LogP contribution >= 0.6 is 0 Å². The van der Waals surface area contributed by atoms with E-state index < -0.39 is 11.4 Å². The van der Waals surface area contributed by atoms with Crippen molar-refractivity contribution in [1.29, 1.82) is 0 Å².